The van der Waals surface area contributed by atoms with Crippen molar-refractivity contribution in [1.82, 2.24) is 20.9 Å². The van der Waals surface area contributed by atoms with Crippen LogP contribution in [0.25, 0.3) is 0 Å². The van der Waals surface area contributed by atoms with Gasteiger partial charge in [0.25, 0.3) is 5.91 Å². The number of fused-ring (bicyclic) bond motifs is 1. The molecule has 3 fully saturated rings. The lowest BCUT2D eigenvalue weighted by atomic mass is 9.86. The molecule has 3 aliphatic rings. The molecule has 0 radical (unpaired) electrons. The minimum atomic E-state index is -1.10. The fourth-order valence-corrected chi connectivity index (χ4v) is 6.49. The Hall–Kier alpha value is -3.18. The molecule has 0 spiro atoms. The Labute approximate surface area is 261 Å². The molecule has 0 aromatic rings. The Balaban J connectivity index is 1.80. The topological polar surface area (TPSA) is 177 Å². The van der Waals surface area contributed by atoms with Gasteiger partial charge in [-0.1, -0.05) is 61.3 Å². The predicted molar refractivity (Wildman–Crippen MR) is 164 cm³/mol. The molecular formula is C32H53N5O7. The molecule has 0 aromatic carbocycles. The Kier molecular flexibility index (Phi) is 10.5. The molecule has 1 saturated heterocycles. The number of carbonyl (C=O) groups is 6. The third-order valence-corrected chi connectivity index (χ3v) is 8.87. The van der Waals surface area contributed by atoms with E-state index in [2.05, 4.69) is 29.8 Å². The van der Waals surface area contributed by atoms with Crippen LogP contribution in [0.1, 0.15) is 88.5 Å². The highest BCUT2D eigenvalue weighted by Gasteiger charge is 2.65. The zero-order chi connectivity index (χ0) is 33.5. The van der Waals surface area contributed by atoms with Gasteiger partial charge in [-0.15, -0.1) is 0 Å². The van der Waals surface area contributed by atoms with Crippen LogP contribution in [0, 0.1) is 40.9 Å². The first-order chi connectivity index (χ1) is 20.1. The van der Waals surface area contributed by atoms with Crippen molar-refractivity contribution < 1.29 is 33.5 Å². The van der Waals surface area contributed by atoms with Gasteiger partial charge in [-0.2, -0.15) is 0 Å². The summed E-state index contributed by atoms with van der Waals surface area (Å²) >= 11 is 0. The predicted octanol–water partition coefficient (Wildman–Crippen LogP) is 2.13. The first-order valence-corrected chi connectivity index (χ1v) is 15.9. The quantitative estimate of drug-likeness (QED) is 0.191. The van der Waals surface area contributed by atoms with Crippen molar-refractivity contribution in [2.45, 2.75) is 118 Å². The number of hydrogen-bond acceptors (Lipinski definition) is 7. The number of ether oxygens (including phenoxy) is 1. The molecule has 12 nitrogen and oxygen atoms in total. The highest BCUT2D eigenvalue weighted by molar-refractivity contribution is 6.37. The van der Waals surface area contributed by atoms with Crippen LogP contribution < -0.4 is 21.7 Å². The SMILES string of the molecule is CC(C)C1[C@H]2[C@@H]1CN(C(=O)[C@@H](NC(=O)N[C@H](C(=O)OC(C)(C)C)C(C)(C)C)C(C)C)[C@@H]2C(=O)NC(CC1CC1)C(=O)C(N)=O. The first kappa shape index (κ1) is 35.3. The average molecular weight is 620 g/mol. The smallest absolute Gasteiger partial charge is 0.329 e. The number of primary amides is 1. The van der Waals surface area contributed by atoms with Crippen molar-refractivity contribution >= 4 is 35.5 Å². The third kappa shape index (κ3) is 8.50. The number of nitrogens with zero attached hydrogens (tertiary/aromatic N) is 1. The van der Waals surface area contributed by atoms with Gasteiger partial charge in [0.2, 0.25) is 17.6 Å². The molecule has 248 valence electrons. The van der Waals surface area contributed by atoms with E-state index in [1.807, 2.05) is 0 Å². The molecule has 5 N–H and O–H groups in total. The number of esters is 1. The zero-order valence-corrected chi connectivity index (χ0v) is 28.0. The number of piperidine rings is 1. The maximum Gasteiger partial charge on any atom is 0.329 e. The second-order valence-corrected chi connectivity index (χ2v) is 15.6. The third-order valence-electron chi connectivity index (χ3n) is 8.87. The van der Waals surface area contributed by atoms with Crippen molar-refractivity contribution in [3.63, 3.8) is 0 Å². The van der Waals surface area contributed by atoms with Crippen LogP contribution in [0.3, 0.4) is 0 Å². The van der Waals surface area contributed by atoms with Crippen molar-refractivity contribution in [3.8, 4) is 0 Å². The highest BCUT2D eigenvalue weighted by Crippen LogP contribution is 2.59. The molecule has 44 heavy (non-hydrogen) atoms. The number of rotatable bonds is 12. The number of urea groups is 1. The van der Waals surface area contributed by atoms with E-state index in [9.17, 15) is 28.8 Å². The molecule has 2 saturated carbocycles. The molecule has 1 heterocycles. The maximum atomic E-state index is 14.1. The van der Waals surface area contributed by atoms with Crippen LogP contribution in [-0.2, 0) is 28.7 Å². The van der Waals surface area contributed by atoms with Gasteiger partial charge < -0.3 is 31.3 Å². The van der Waals surface area contributed by atoms with Gasteiger partial charge in [-0.3, -0.25) is 19.2 Å². The number of likely N-dealkylation sites (tertiary alicyclic amines) is 1. The standard InChI is InChI=1S/C32H53N5O7/c1-15(2)20-18-14-37(23(21(18)20)27(40)34-19(13-17-11-12-17)24(38)26(33)39)28(41)22(16(3)4)35-30(43)36-25(31(5,6)7)29(42)44-32(8,9)10/h15-23,25H,11-14H2,1-10H3,(H2,33,39)(H,34,40)(H2,35,36,43)/t18-,19?,20?,21-,22+,23+,25-/m1/s1. The molecule has 2 unspecified atom stereocenters. The Morgan fingerprint density at radius 2 is 1.50 bits per heavy atom. The molecule has 5 amide bonds. The van der Waals surface area contributed by atoms with E-state index < -0.39 is 70.7 Å². The monoisotopic (exact) mass is 619 g/mol. The van der Waals surface area contributed by atoms with Crippen LogP contribution in [0.15, 0.2) is 0 Å². The number of carbonyl (C=O) groups excluding carboxylic acids is 6. The van der Waals surface area contributed by atoms with E-state index in [0.717, 1.165) is 12.8 Å². The van der Waals surface area contributed by atoms with E-state index in [-0.39, 0.29) is 29.6 Å². The average Bonchev–Trinajstić information content (AvgIpc) is 3.78. The molecular weight excluding hydrogens is 566 g/mol. The maximum absolute atomic E-state index is 14.1. The summed E-state index contributed by atoms with van der Waals surface area (Å²) in [6.45, 7) is 18.7. The first-order valence-electron chi connectivity index (χ1n) is 15.9. The molecule has 0 aromatic heterocycles. The van der Waals surface area contributed by atoms with Crippen LogP contribution in [-0.4, -0.2) is 76.7 Å². The summed E-state index contributed by atoms with van der Waals surface area (Å²) in [6.07, 6.45) is 2.17. The number of nitrogens with two attached hydrogens (primary N) is 1. The summed E-state index contributed by atoms with van der Waals surface area (Å²) in [4.78, 5) is 79.9. The lowest BCUT2D eigenvalue weighted by molar-refractivity contribution is -0.160. The van der Waals surface area contributed by atoms with Gasteiger partial charge >= 0.3 is 12.0 Å². The number of ketones is 1. The van der Waals surface area contributed by atoms with E-state index in [0.29, 0.717) is 18.9 Å². The minimum Gasteiger partial charge on any atom is -0.458 e. The number of nitrogens with one attached hydrogen (secondary N) is 3. The van der Waals surface area contributed by atoms with Crippen molar-refractivity contribution in [1.29, 1.82) is 0 Å². The largest absolute Gasteiger partial charge is 0.458 e. The lowest BCUT2D eigenvalue weighted by Crippen LogP contribution is -2.61. The molecule has 7 atom stereocenters. The Morgan fingerprint density at radius 3 is 1.95 bits per heavy atom. The number of hydrogen-bond donors (Lipinski definition) is 4. The fourth-order valence-electron chi connectivity index (χ4n) is 6.49. The van der Waals surface area contributed by atoms with Crippen LogP contribution in [0.5, 0.6) is 0 Å². The van der Waals surface area contributed by atoms with E-state index >= 15 is 0 Å². The molecule has 12 heteroatoms. The number of Topliss-reactive ketones (excluding diaryl/α,β-unsaturated/α-hetero) is 1. The molecule has 0 bridgehead atoms. The minimum absolute atomic E-state index is 0.0942. The van der Waals surface area contributed by atoms with Crippen molar-refractivity contribution in [3.05, 3.63) is 0 Å². The Morgan fingerprint density at radius 1 is 0.909 bits per heavy atom. The lowest BCUT2D eigenvalue weighted by Gasteiger charge is -2.35. The van der Waals surface area contributed by atoms with Gasteiger partial charge in [0.1, 0.15) is 23.7 Å². The summed E-state index contributed by atoms with van der Waals surface area (Å²) in [5.74, 6) is -3.00. The van der Waals surface area contributed by atoms with Crippen LogP contribution in [0.2, 0.25) is 0 Å². The van der Waals surface area contributed by atoms with Gasteiger partial charge in [0.05, 0.1) is 6.04 Å². The summed E-state index contributed by atoms with van der Waals surface area (Å²) in [5.41, 5.74) is 3.85. The van der Waals surface area contributed by atoms with Gasteiger partial charge in [0.15, 0.2) is 0 Å². The van der Waals surface area contributed by atoms with Crippen molar-refractivity contribution in [2.75, 3.05) is 6.54 Å². The summed E-state index contributed by atoms with van der Waals surface area (Å²) in [6, 6.07) is -4.57. The second kappa shape index (κ2) is 13.0. The zero-order valence-electron chi connectivity index (χ0n) is 28.0. The molecule has 1 aliphatic heterocycles. The molecule has 2 aliphatic carbocycles. The van der Waals surface area contributed by atoms with Gasteiger partial charge in [-0.25, -0.2) is 9.59 Å². The van der Waals surface area contributed by atoms with E-state index in [1.54, 1.807) is 55.4 Å². The van der Waals surface area contributed by atoms with E-state index in [4.69, 9.17) is 10.5 Å². The van der Waals surface area contributed by atoms with Gasteiger partial charge in [0, 0.05) is 6.54 Å². The fraction of sp³-hybridized carbons (Fsp3) is 0.812. The number of amides is 5. The van der Waals surface area contributed by atoms with Crippen LogP contribution >= 0.6 is 0 Å². The van der Waals surface area contributed by atoms with Crippen LogP contribution in [0.4, 0.5) is 4.79 Å². The van der Waals surface area contributed by atoms with E-state index in [1.165, 1.54) is 4.90 Å². The summed E-state index contributed by atoms with van der Waals surface area (Å²) < 4.78 is 5.53. The summed E-state index contributed by atoms with van der Waals surface area (Å²) in [7, 11) is 0. The Bertz CT molecular complexity index is 1150. The van der Waals surface area contributed by atoms with Gasteiger partial charge in [-0.05, 0) is 68.1 Å². The molecule has 3 rings (SSSR count). The van der Waals surface area contributed by atoms with Crippen molar-refractivity contribution in [2.24, 2.45) is 46.7 Å². The summed E-state index contributed by atoms with van der Waals surface area (Å²) in [5, 5.41) is 8.21. The second-order valence-electron chi connectivity index (χ2n) is 15.6. The highest BCUT2D eigenvalue weighted by atomic mass is 16.6. The normalized spacial score (nSPS) is 25.0.